The van der Waals surface area contributed by atoms with Gasteiger partial charge in [0.1, 0.15) is 32.5 Å². The third-order valence-electron chi connectivity index (χ3n) is 16.5. The van der Waals surface area contributed by atoms with Gasteiger partial charge in [-0.2, -0.15) is 0 Å². The number of carbonyl (C=O) groups is 10. The second kappa shape index (κ2) is 26.2. The molecule has 0 radical (unpaired) electrons. The fraction of sp³-hybridized carbons (Fsp3) is 0.433. The number of allylic oxidation sites excluding steroid dienone is 4. The van der Waals surface area contributed by atoms with Crippen LogP contribution < -0.4 is 26.6 Å². The minimum Gasteiger partial charge on any atom is -0.450 e. The van der Waals surface area contributed by atoms with Crippen LogP contribution in [-0.2, 0) is 64.0 Å². The smallest absolute Gasteiger partial charge is 0.407 e. The molecule has 0 bridgehead atoms. The molecule has 0 saturated heterocycles. The number of aliphatic hydroxyl groups excluding tert-OH is 1. The number of rotatable bonds is 23. The summed E-state index contributed by atoms with van der Waals surface area (Å²) in [6.45, 7) is 6.40. The van der Waals surface area contributed by atoms with Crippen LogP contribution in [0.25, 0.3) is 0 Å². The molecule has 5 aliphatic rings. The van der Waals surface area contributed by atoms with E-state index in [0.717, 1.165) is 20.3 Å². The van der Waals surface area contributed by atoms with E-state index in [1.54, 1.807) is 43.3 Å². The van der Waals surface area contributed by atoms with Crippen LogP contribution in [0.2, 0.25) is 0 Å². The average Bonchev–Trinajstić information content (AvgIpc) is 1.69. The minimum absolute atomic E-state index is 0.00185. The first-order chi connectivity index (χ1) is 39.5. The molecule has 3 saturated carbocycles. The van der Waals surface area contributed by atoms with E-state index in [4.69, 9.17) is 25.8 Å². The number of anilines is 1. The number of Topliss-reactive ketones (excluding diaryl/α,β-unsaturated/α-hetero) is 1. The molecule has 3 aromatic rings. The normalized spacial score (nSPS) is 26.4. The van der Waals surface area contributed by atoms with Gasteiger partial charge in [0.25, 0.3) is 11.8 Å². The van der Waals surface area contributed by atoms with Gasteiger partial charge in [-0.3, -0.25) is 48.1 Å². The Morgan fingerprint density at radius 2 is 1.45 bits per heavy atom. The van der Waals surface area contributed by atoms with Gasteiger partial charge in [-0.05, 0) is 98.6 Å². The lowest BCUT2D eigenvalue weighted by Gasteiger charge is -2.64. The van der Waals surface area contributed by atoms with Gasteiger partial charge in [-0.1, -0.05) is 111 Å². The number of amides is 7. The molecule has 3 fully saturated rings. The number of nitrogens with one attached hydrogen (secondary N) is 5. The number of nitrogens with zero attached hydrogens (tertiary/aromatic N) is 1. The van der Waals surface area contributed by atoms with Gasteiger partial charge >= 0.3 is 12.1 Å². The lowest BCUT2D eigenvalue weighted by atomic mass is 9.45. The summed E-state index contributed by atoms with van der Waals surface area (Å²) in [7, 11) is 0. The lowest BCUT2D eigenvalue weighted by molar-refractivity contribution is -0.203. The highest BCUT2D eigenvalue weighted by Crippen LogP contribution is 2.72. The standard InChI is InChI=1S/C60H67ClN6O14S2/c1-6-50(74)81-60(35(2)27-44-43-22-19-38-28-40(68)23-25-57(38,4)59(43,61)45(69)29-58(44,60)5)46(70)33-79-34-64-48(72)30-63-56(78)80-32-37-17-20-39(21-18-37)66-53(75)36(3)65-49(73)31-62-47(71)24-26-67-54(76)51(82-41-13-9-7-10-14-41)52(55(67)77)83-42-15-11-8-12-16-42/h7-18,20-21,23,25,28,35-36,43-45,69H,6,19,22,24,26-27,29-34H2,1-5H3,(H,62,71)(H,63,78)(H,64,72)(H,65,73)(H,66,75)/t35-,36-,43-,44?,45-,57-,58-,59-,60-/m0/s1. The first-order valence-electron chi connectivity index (χ1n) is 27.4. The quantitative estimate of drug-likeness (QED) is 0.0201. The predicted molar refractivity (Wildman–Crippen MR) is 308 cm³/mol. The van der Waals surface area contributed by atoms with Gasteiger partial charge in [0, 0.05) is 51.6 Å². The molecular weight excluding hydrogens is 1130 g/mol. The first kappa shape index (κ1) is 61.9. The van der Waals surface area contributed by atoms with Crippen LogP contribution in [-0.4, -0.2) is 125 Å². The fourth-order valence-electron chi connectivity index (χ4n) is 12.3. The number of benzene rings is 3. The molecule has 23 heteroatoms. The van der Waals surface area contributed by atoms with Crippen LogP contribution in [0, 0.1) is 28.6 Å². The molecule has 6 N–H and O–H groups in total. The summed E-state index contributed by atoms with van der Waals surface area (Å²) in [4.78, 5) is 133. The van der Waals surface area contributed by atoms with Crippen molar-refractivity contribution in [2.24, 2.45) is 28.6 Å². The van der Waals surface area contributed by atoms with Gasteiger partial charge < -0.3 is 45.9 Å². The number of imide groups is 1. The largest absolute Gasteiger partial charge is 0.450 e. The van der Waals surface area contributed by atoms with Crippen molar-refractivity contribution < 1.29 is 67.3 Å². The van der Waals surface area contributed by atoms with Crippen molar-refractivity contribution in [1.82, 2.24) is 26.2 Å². The summed E-state index contributed by atoms with van der Waals surface area (Å²) in [5, 5.41) is 24.5. The molecular formula is C60H67ClN6O14S2. The van der Waals surface area contributed by atoms with Crippen molar-refractivity contribution in [2.45, 2.75) is 112 Å². The molecule has 83 heavy (non-hydrogen) atoms. The molecule has 7 amide bonds. The number of aliphatic hydroxyl groups is 1. The monoisotopic (exact) mass is 1190 g/mol. The number of ketones is 2. The van der Waals surface area contributed by atoms with Crippen molar-refractivity contribution in [2.75, 3.05) is 38.3 Å². The van der Waals surface area contributed by atoms with Gasteiger partial charge in [0.2, 0.25) is 29.4 Å². The summed E-state index contributed by atoms with van der Waals surface area (Å²) in [6, 6.07) is 23.5. The van der Waals surface area contributed by atoms with Crippen LogP contribution in [0.15, 0.2) is 128 Å². The zero-order valence-electron chi connectivity index (χ0n) is 46.6. The summed E-state index contributed by atoms with van der Waals surface area (Å²) < 4.78 is 17.1. The molecule has 1 heterocycles. The van der Waals surface area contributed by atoms with Crippen molar-refractivity contribution in [3.05, 3.63) is 124 Å². The molecule has 0 spiro atoms. The number of carbonyl (C=O) groups excluding carboxylic acids is 10. The second-order valence-electron chi connectivity index (χ2n) is 21.7. The Morgan fingerprint density at radius 1 is 0.819 bits per heavy atom. The Balaban J connectivity index is 0.726. The zero-order chi connectivity index (χ0) is 59.9. The lowest BCUT2D eigenvalue weighted by Crippen LogP contribution is -2.69. The highest BCUT2D eigenvalue weighted by molar-refractivity contribution is 8.08. The molecule has 20 nitrogen and oxygen atoms in total. The van der Waals surface area contributed by atoms with Gasteiger partial charge in [-0.25, -0.2) is 4.79 Å². The van der Waals surface area contributed by atoms with Crippen LogP contribution in [0.4, 0.5) is 10.5 Å². The van der Waals surface area contributed by atoms with Crippen LogP contribution in [0.5, 0.6) is 0 Å². The average molecular weight is 1200 g/mol. The number of thioether (sulfide) groups is 2. The van der Waals surface area contributed by atoms with Gasteiger partial charge in [0.15, 0.2) is 11.4 Å². The highest BCUT2D eigenvalue weighted by atomic mass is 35.5. The van der Waals surface area contributed by atoms with Crippen LogP contribution in [0.1, 0.15) is 78.7 Å². The Hall–Kier alpha value is -7.11. The SMILES string of the molecule is CCC(=O)O[C@]1(C(=O)COCNC(=O)CNC(=O)OCc2ccc(NC(=O)[C@H](C)NC(=O)CNC(=O)CCN3C(=O)C(Sc4ccccc4)=C(Sc4ccccc4)C3=O)cc2)[C@@H](C)CC2[C@@H]3CCC4=CC(=O)C=C[C@]4(C)[C@@]3(Cl)[C@@H](O)C[C@@]21C. The second-order valence-corrected chi connectivity index (χ2v) is 24.5. The zero-order valence-corrected chi connectivity index (χ0v) is 49.0. The van der Waals surface area contributed by atoms with E-state index in [0.29, 0.717) is 30.5 Å². The van der Waals surface area contributed by atoms with E-state index < -0.39 is 119 Å². The number of alkyl carbamates (subject to hydrolysis) is 1. The number of hydrogen-bond acceptors (Lipinski definition) is 16. The number of alkyl halides is 1. The molecule has 1 unspecified atom stereocenters. The van der Waals surface area contributed by atoms with Crippen molar-refractivity contribution in [3.8, 4) is 0 Å². The molecule has 3 aromatic carbocycles. The van der Waals surface area contributed by atoms with Crippen LogP contribution >= 0.6 is 35.1 Å². The Kier molecular flexibility index (Phi) is 19.6. The molecule has 8 rings (SSSR count). The van der Waals surface area contributed by atoms with Crippen molar-refractivity contribution in [3.63, 3.8) is 0 Å². The highest BCUT2D eigenvalue weighted by Gasteiger charge is 2.76. The molecule has 0 aromatic heterocycles. The molecule has 9 atom stereocenters. The summed E-state index contributed by atoms with van der Waals surface area (Å²) in [6.07, 6.45) is 4.23. The first-order valence-corrected chi connectivity index (χ1v) is 29.4. The Bertz CT molecular complexity index is 3080. The minimum atomic E-state index is -1.68. The van der Waals surface area contributed by atoms with Gasteiger partial charge in [0.05, 0.1) is 27.3 Å². The fourth-order valence-corrected chi connectivity index (χ4v) is 14.9. The maximum absolute atomic E-state index is 14.5. The van der Waals surface area contributed by atoms with Crippen molar-refractivity contribution >= 4 is 99.9 Å². The molecule has 1 aliphatic heterocycles. The van der Waals surface area contributed by atoms with E-state index in [1.807, 2.05) is 81.4 Å². The third-order valence-corrected chi connectivity index (χ3v) is 19.8. The van der Waals surface area contributed by atoms with Crippen LogP contribution in [0.3, 0.4) is 0 Å². The maximum atomic E-state index is 14.5. The Morgan fingerprint density at radius 3 is 2.07 bits per heavy atom. The van der Waals surface area contributed by atoms with Gasteiger partial charge in [-0.15, -0.1) is 11.6 Å². The number of hydrogen-bond donors (Lipinski definition) is 6. The number of halogens is 1. The summed E-state index contributed by atoms with van der Waals surface area (Å²) in [5.41, 5.74) is -1.79. The van der Waals surface area contributed by atoms with E-state index in [1.165, 1.54) is 36.5 Å². The number of esters is 1. The van der Waals surface area contributed by atoms with E-state index in [2.05, 4.69) is 26.6 Å². The molecule has 4 aliphatic carbocycles. The van der Waals surface area contributed by atoms with E-state index >= 15 is 0 Å². The van der Waals surface area contributed by atoms with E-state index in [9.17, 15) is 53.1 Å². The topological polar surface area (TPSA) is 282 Å². The summed E-state index contributed by atoms with van der Waals surface area (Å²) in [5.74, 6) is -5.79. The maximum Gasteiger partial charge on any atom is 0.407 e. The van der Waals surface area contributed by atoms with E-state index in [-0.39, 0.29) is 59.8 Å². The summed E-state index contributed by atoms with van der Waals surface area (Å²) >= 11 is 9.95. The third kappa shape index (κ3) is 13.0. The number of fused-ring (bicyclic) bond motifs is 5. The predicted octanol–water partition coefficient (Wildman–Crippen LogP) is 6.26. The van der Waals surface area contributed by atoms with Crippen molar-refractivity contribution in [1.29, 1.82) is 0 Å². The molecule has 440 valence electrons. The Labute approximate surface area is 494 Å². The number of ether oxygens (including phenoxy) is 3.